The zero-order valence-electron chi connectivity index (χ0n) is 13.9. The van der Waals surface area contributed by atoms with Crippen molar-refractivity contribution in [1.29, 1.82) is 0 Å². The van der Waals surface area contributed by atoms with Gasteiger partial charge in [0.2, 0.25) is 0 Å². The Kier molecular flexibility index (Phi) is 3.85. The lowest BCUT2D eigenvalue weighted by molar-refractivity contribution is -0.116. The molecule has 2 aromatic rings. The number of anilines is 2. The van der Waals surface area contributed by atoms with Crippen LogP contribution in [0.25, 0.3) is 0 Å². The van der Waals surface area contributed by atoms with Crippen LogP contribution in [-0.4, -0.2) is 11.8 Å². The van der Waals surface area contributed by atoms with Gasteiger partial charge in [0.1, 0.15) is 0 Å². The Morgan fingerprint density at radius 3 is 2.42 bits per heavy atom. The summed E-state index contributed by atoms with van der Waals surface area (Å²) in [5, 5.41) is 7.10. The maximum atomic E-state index is 12.9. The van der Waals surface area contributed by atoms with Gasteiger partial charge in [0.15, 0.2) is 5.78 Å². The summed E-state index contributed by atoms with van der Waals surface area (Å²) in [5.74, 6) is 0.525. The van der Waals surface area contributed by atoms with E-state index in [0.717, 1.165) is 35.5 Å². The summed E-state index contributed by atoms with van der Waals surface area (Å²) in [6.07, 6.45) is 2.38. The maximum absolute atomic E-state index is 12.9. The number of hydrogen-bond acceptors (Lipinski definition) is 3. The smallest absolute Gasteiger partial charge is 0.163 e. The third-order valence-corrected chi connectivity index (χ3v) is 5.08. The average molecular weight is 318 g/mol. The molecule has 0 fully saturated rings. The van der Waals surface area contributed by atoms with Crippen molar-refractivity contribution in [3.63, 3.8) is 0 Å². The predicted octanol–water partition coefficient (Wildman–Crippen LogP) is 4.70. The van der Waals surface area contributed by atoms with Gasteiger partial charge in [-0.2, -0.15) is 0 Å². The van der Waals surface area contributed by atoms with Crippen LogP contribution < -0.4 is 10.6 Å². The lowest BCUT2D eigenvalue weighted by atomic mass is 9.79. The van der Waals surface area contributed by atoms with Crippen LogP contribution in [0.1, 0.15) is 37.7 Å². The summed E-state index contributed by atoms with van der Waals surface area (Å²) in [5.41, 5.74) is 5.41. The molecule has 1 heterocycles. The van der Waals surface area contributed by atoms with Crippen LogP contribution in [0.3, 0.4) is 0 Å². The molecule has 122 valence electrons. The average Bonchev–Trinajstić information content (AvgIpc) is 2.78. The van der Waals surface area contributed by atoms with Gasteiger partial charge in [-0.25, -0.2) is 0 Å². The van der Waals surface area contributed by atoms with Gasteiger partial charge in [0, 0.05) is 17.7 Å². The highest BCUT2D eigenvalue weighted by Crippen LogP contribution is 2.40. The molecule has 0 saturated carbocycles. The molecular formula is C21H22N2O. The molecule has 2 atom stereocenters. The fourth-order valence-corrected chi connectivity index (χ4v) is 3.86. The normalized spacial score (nSPS) is 22.8. The van der Waals surface area contributed by atoms with Crippen LogP contribution in [0.4, 0.5) is 11.4 Å². The Balaban J connectivity index is 1.74. The molecule has 0 radical (unpaired) electrons. The van der Waals surface area contributed by atoms with Gasteiger partial charge in [-0.3, -0.25) is 4.79 Å². The molecule has 24 heavy (non-hydrogen) atoms. The number of carbonyl (C=O) groups is 1. The van der Waals surface area contributed by atoms with Gasteiger partial charge in [-0.1, -0.05) is 49.4 Å². The van der Waals surface area contributed by atoms with Crippen LogP contribution in [0.5, 0.6) is 0 Å². The van der Waals surface area contributed by atoms with Gasteiger partial charge in [-0.15, -0.1) is 0 Å². The highest BCUT2D eigenvalue weighted by Gasteiger charge is 2.34. The molecule has 3 heteroatoms. The second-order valence-electron chi connectivity index (χ2n) is 6.61. The van der Waals surface area contributed by atoms with Gasteiger partial charge in [0.25, 0.3) is 0 Å². The van der Waals surface area contributed by atoms with Crippen molar-refractivity contribution in [2.24, 2.45) is 0 Å². The molecular weight excluding hydrogens is 296 g/mol. The largest absolute Gasteiger partial charge is 0.376 e. The summed E-state index contributed by atoms with van der Waals surface area (Å²) >= 11 is 0. The van der Waals surface area contributed by atoms with E-state index in [0.29, 0.717) is 6.42 Å². The second-order valence-corrected chi connectivity index (χ2v) is 6.61. The summed E-state index contributed by atoms with van der Waals surface area (Å²) in [7, 11) is 0. The lowest BCUT2D eigenvalue weighted by Crippen LogP contribution is -2.31. The Bertz CT molecular complexity index is 794. The summed E-state index contributed by atoms with van der Waals surface area (Å²) in [4.78, 5) is 12.9. The number of Topliss-reactive ketones (excluding diaryl/α,β-unsaturated/α-hetero) is 1. The molecule has 0 amide bonds. The number of para-hydroxylation sites is 2. The number of benzene rings is 2. The number of ketones is 1. The summed E-state index contributed by atoms with van der Waals surface area (Å²) < 4.78 is 0. The summed E-state index contributed by atoms with van der Waals surface area (Å²) in [6.45, 7) is 2.13. The minimum atomic E-state index is 0.0837. The van der Waals surface area contributed by atoms with Crippen LogP contribution >= 0.6 is 0 Å². The van der Waals surface area contributed by atoms with E-state index in [1.807, 2.05) is 18.2 Å². The first-order valence-corrected chi connectivity index (χ1v) is 8.70. The highest BCUT2D eigenvalue weighted by molar-refractivity contribution is 6.01. The van der Waals surface area contributed by atoms with E-state index in [1.54, 1.807) is 0 Å². The Morgan fingerprint density at radius 1 is 0.958 bits per heavy atom. The fourth-order valence-electron chi connectivity index (χ4n) is 3.86. The van der Waals surface area contributed by atoms with Crippen molar-refractivity contribution in [2.45, 2.75) is 38.1 Å². The van der Waals surface area contributed by atoms with E-state index < -0.39 is 0 Å². The van der Waals surface area contributed by atoms with Crippen molar-refractivity contribution >= 4 is 17.2 Å². The maximum Gasteiger partial charge on any atom is 0.163 e. The molecule has 0 aromatic heterocycles. The molecule has 2 unspecified atom stereocenters. The predicted molar refractivity (Wildman–Crippen MR) is 98.2 cm³/mol. The highest BCUT2D eigenvalue weighted by atomic mass is 16.1. The molecule has 1 aliphatic carbocycles. The lowest BCUT2D eigenvalue weighted by Gasteiger charge is -2.29. The van der Waals surface area contributed by atoms with Crippen LogP contribution in [0.15, 0.2) is 65.9 Å². The van der Waals surface area contributed by atoms with Crippen molar-refractivity contribution in [3.8, 4) is 0 Å². The van der Waals surface area contributed by atoms with Gasteiger partial charge < -0.3 is 10.6 Å². The Labute approximate surface area is 142 Å². The Morgan fingerprint density at radius 2 is 1.67 bits per heavy atom. The van der Waals surface area contributed by atoms with Crippen molar-refractivity contribution < 1.29 is 4.79 Å². The Hall–Kier alpha value is -2.55. The van der Waals surface area contributed by atoms with Crippen molar-refractivity contribution in [3.05, 3.63) is 71.4 Å². The molecule has 0 saturated heterocycles. The third kappa shape index (κ3) is 2.60. The van der Waals surface area contributed by atoms with E-state index in [1.165, 1.54) is 5.56 Å². The van der Waals surface area contributed by atoms with Gasteiger partial charge in [-0.05, 0) is 36.5 Å². The molecule has 4 rings (SSSR count). The topological polar surface area (TPSA) is 41.1 Å². The molecule has 2 aromatic carbocycles. The zero-order chi connectivity index (χ0) is 16.5. The van der Waals surface area contributed by atoms with Crippen LogP contribution in [0, 0.1) is 0 Å². The standard InChI is InChI=1S/C21H22N2O/c1-2-16-21-19(23-18-11-7-6-10-17(18)22-16)12-15(13-20(21)24)14-8-4-3-5-9-14/h3-11,15-16,22-23H,2,12-13H2,1H3. The molecule has 1 aliphatic heterocycles. The molecule has 0 bridgehead atoms. The van der Waals surface area contributed by atoms with E-state index >= 15 is 0 Å². The third-order valence-electron chi connectivity index (χ3n) is 5.08. The monoisotopic (exact) mass is 318 g/mol. The fraction of sp³-hybridized carbons (Fsp3) is 0.286. The SMILES string of the molecule is CCC1Nc2ccccc2NC2=C1C(=O)CC(c1ccccc1)C2. The molecule has 2 aliphatic rings. The number of fused-ring (bicyclic) bond motifs is 1. The quantitative estimate of drug-likeness (QED) is 0.843. The van der Waals surface area contributed by atoms with Crippen LogP contribution in [0.2, 0.25) is 0 Å². The number of allylic oxidation sites excluding steroid dienone is 1. The van der Waals surface area contributed by atoms with Gasteiger partial charge in [0.05, 0.1) is 17.4 Å². The van der Waals surface area contributed by atoms with Crippen LogP contribution in [-0.2, 0) is 4.79 Å². The first kappa shape index (κ1) is 15.0. The first-order chi connectivity index (χ1) is 11.8. The minimum Gasteiger partial charge on any atom is -0.376 e. The van der Waals surface area contributed by atoms with E-state index in [2.05, 4.69) is 54.0 Å². The minimum absolute atomic E-state index is 0.0837. The van der Waals surface area contributed by atoms with Crippen molar-refractivity contribution in [1.82, 2.24) is 0 Å². The molecule has 3 nitrogen and oxygen atoms in total. The zero-order valence-corrected chi connectivity index (χ0v) is 13.9. The summed E-state index contributed by atoms with van der Waals surface area (Å²) in [6, 6.07) is 18.7. The number of hydrogen-bond donors (Lipinski definition) is 2. The number of rotatable bonds is 2. The van der Waals surface area contributed by atoms with E-state index in [-0.39, 0.29) is 17.7 Å². The van der Waals surface area contributed by atoms with E-state index in [9.17, 15) is 4.79 Å². The van der Waals surface area contributed by atoms with Crippen molar-refractivity contribution in [2.75, 3.05) is 10.6 Å². The van der Waals surface area contributed by atoms with E-state index in [4.69, 9.17) is 0 Å². The van der Waals surface area contributed by atoms with Gasteiger partial charge >= 0.3 is 0 Å². The first-order valence-electron chi connectivity index (χ1n) is 8.70. The molecule has 0 spiro atoms. The molecule has 2 N–H and O–H groups in total. The number of nitrogens with one attached hydrogen (secondary N) is 2. The second kappa shape index (κ2) is 6.16. The number of carbonyl (C=O) groups excluding carboxylic acids is 1.